The van der Waals surface area contributed by atoms with E-state index in [0.29, 0.717) is 0 Å². The number of nitrogens with one attached hydrogen (secondary N) is 1. The molecule has 0 saturated heterocycles. The van der Waals surface area contributed by atoms with Crippen LogP contribution in [0.5, 0.6) is 0 Å². The number of hydrogen-bond acceptors (Lipinski definition) is 2. The van der Waals surface area contributed by atoms with Gasteiger partial charge in [0.05, 0.1) is 11.7 Å². The van der Waals surface area contributed by atoms with Crippen molar-refractivity contribution in [2.75, 3.05) is 0 Å². The molecule has 3 aliphatic carbocycles. The normalized spacial score (nSPS) is 28.6. The quantitative estimate of drug-likeness (QED) is 0.872. The Bertz CT molecular complexity index is 641. The SMILES string of the molecule is Cn1c(C(=O)NC23CC(C2)C3)cc2ccncc21. The fraction of sp³-hybridized carbons (Fsp3) is 0.429. The largest absolute Gasteiger partial charge is 0.345 e. The van der Waals surface area contributed by atoms with E-state index in [4.69, 9.17) is 0 Å². The molecule has 0 aromatic carbocycles. The van der Waals surface area contributed by atoms with E-state index in [1.54, 1.807) is 12.4 Å². The number of pyridine rings is 1. The Morgan fingerprint density at radius 2 is 2.28 bits per heavy atom. The second kappa shape index (κ2) is 3.13. The number of carbonyl (C=O) groups excluding carboxylic acids is 1. The third-order valence-corrected chi connectivity index (χ3v) is 4.50. The molecular formula is C14H15N3O. The standard InChI is InChI=1S/C14H15N3O/c1-17-11(4-10-2-3-15-8-12(10)17)13(18)16-14-5-9(6-14)7-14/h2-4,8-9H,5-7H2,1H3,(H,16,18). The molecule has 2 heterocycles. The van der Waals surface area contributed by atoms with Crippen LogP contribution in [0.2, 0.25) is 0 Å². The number of carbonyl (C=O) groups is 1. The van der Waals surface area contributed by atoms with Gasteiger partial charge < -0.3 is 9.88 Å². The molecule has 1 N–H and O–H groups in total. The third-order valence-electron chi connectivity index (χ3n) is 4.50. The maximum absolute atomic E-state index is 12.3. The molecule has 0 atom stereocenters. The van der Waals surface area contributed by atoms with Crippen molar-refractivity contribution in [1.82, 2.24) is 14.9 Å². The van der Waals surface area contributed by atoms with Gasteiger partial charge in [-0.3, -0.25) is 9.78 Å². The summed E-state index contributed by atoms with van der Waals surface area (Å²) in [7, 11) is 1.92. The summed E-state index contributed by atoms with van der Waals surface area (Å²) in [5.74, 6) is 0.925. The molecule has 2 aromatic heterocycles. The summed E-state index contributed by atoms with van der Waals surface area (Å²) in [4.78, 5) is 16.4. The molecule has 3 aliphatic rings. The molecule has 18 heavy (non-hydrogen) atoms. The minimum atomic E-state index is 0.0480. The number of amides is 1. The molecule has 92 valence electrons. The van der Waals surface area contributed by atoms with Crippen molar-refractivity contribution in [3.63, 3.8) is 0 Å². The predicted molar refractivity (Wildman–Crippen MR) is 68.3 cm³/mol. The summed E-state index contributed by atoms with van der Waals surface area (Å²) in [6.07, 6.45) is 7.07. The summed E-state index contributed by atoms with van der Waals surface area (Å²) in [6.45, 7) is 0. The monoisotopic (exact) mass is 241 g/mol. The summed E-state index contributed by atoms with van der Waals surface area (Å²) in [5.41, 5.74) is 1.86. The van der Waals surface area contributed by atoms with Crippen LogP contribution in [0, 0.1) is 5.92 Å². The molecular weight excluding hydrogens is 226 g/mol. The topological polar surface area (TPSA) is 46.9 Å². The van der Waals surface area contributed by atoms with Crippen molar-refractivity contribution < 1.29 is 4.79 Å². The van der Waals surface area contributed by atoms with Gasteiger partial charge in [-0.1, -0.05) is 0 Å². The smallest absolute Gasteiger partial charge is 0.268 e. The van der Waals surface area contributed by atoms with Gasteiger partial charge in [-0.25, -0.2) is 0 Å². The fourth-order valence-electron chi connectivity index (χ4n) is 3.33. The van der Waals surface area contributed by atoms with Crippen molar-refractivity contribution in [3.05, 3.63) is 30.2 Å². The second-order valence-corrected chi connectivity index (χ2v) is 5.74. The van der Waals surface area contributed by atoms with E-state index in [9.17, 15) is 4.79 Å². The highest BCUT2D eigenvalue weighted by atomic mass is 16.2. The maximum Gasteiger partial charge on any atom is 0.268 e. The average molecular weight is 241 g/mol. The summed E-state index contributed by atoms with van der Waals surface area (Å²) >= 11 is 0. The molecule has 2 bridgehead atoms. The molecule has 1 amide bonds. The summed E-state index contributed by atoms with van der Waals surface area (Å²) < 4.78 is 1.92. The van der Waals surface area contributed by atoms with Crippen LogP contribution in [0.25, 0.3) is 10.9 Å². The Morgan fingerprint density at radius 1 is 1.50 bits per heavy atom. The van der Waals surface area contributed by atoms with Crippen molar-refractivity contribution in [2.45, 2.75) is 24.8 Å². The van der Waals surface area contributed by atoms with Crippen molar-refractivity contribution >= 4 is 16.8 Å². The predicted octanol–water partition coefficient (Wildman–Crippen LogP) is 1.86. The minimum Gasteiger partial charge on any atom is -0.345 e. The number of nitrogens with zero attached hydrogens (tertiary/aromatic N) is 2. The van der Waals surface area contributed by atoms with E-state index in [1.165, 1.54) is 19.3 Å². The average Bonchev–Trinajstić information content (AvgIpc) is 2.60. The van der Waals surface area contributed by atoms with Gasteiger partial charge in [0.2, 0.25) is 0 Å². The van der Waals surface area contributed by atoms with Crippen LogP contribution in [0.1, 0.15) is 29.8 Å². The first-order valence-electron chi connectivity index (χ1n) is 6.39. The Labute approximate surface area is 105 Å². The highest BCUT2D eigenvalue weighted by Gasteiger charge is 2.57. The van der Waals surface area contributed by atoms with E-state index in [2.05, 4.69) is 10.3 Å². The first-order chi connectivity index (χ1) is 8.67. The molecule has 0 unspecified atom stereocenters. The first-order valence-corrected chi connectivity index (χ1v) is 6.39. The van der Waals surface area contributed by atoms with E-state index >= 15 is 0 Å². The minimum absolute atomic E-state index is 0.0480. The van der Waals surface area contributed by atoms with Gasteiger partial charge in [-0.2, -0.15) is 0 Å². The van der Waals surface area contributed by atoms with Crippen molar-refractivity contribution in [1.29, 1.82) is 0 Å². The summed E-state index contributed by atoms with van der Waals surface area (Å²) in [6, 6.07) is 3.88. The molecule has 4 nitrogen and oxygen atoms in total. The molecule has 4 heteroatoms. The van der Waals surface area contributed by atoms with E-state index in [1.807, 2.05) is 23.7 Å². The highest BCUT2D eigenvalue weighted by molar-refractivity contribution is 5.99. The number of fused-ring (bicyclic) bond motifs is 1. The van der Waals surface area contributed by atoms with Crippen LogP contribution in [0.3, 0.4) is 0 Å². The molecule has 0 radical (unpaired) electrons. The van der Waals surface area contributed by atoms with Crippen LogP contribution in [0.4, 0.5) is 0 Å². The Balaban J connectivity index is 1.68. The van der Waals surface area contributed by atoms with Gasteiger partial charge in [-0.15, -0.1) is 0 Å². The number of aryl methyl sites for hydroxylation is 1. The number of aromatic nitrogens is 2. The van der Waals surface area contributed by atoms with Crippen LogP contribution in [0.15, 0.2) is 24.5 Å². The van der Waals surface area contributed by atoms with Crippen molar-refractivity contribution in [3.8, 4) is 0 Å². The molecule has 3 fully saturated rings. The van der Waals surface area contributed by atoms with Gasteiger partial charge in [0.15, 0.2) is 0 Å². The lowest BCUT2D eigenvalue weighted by Crippen LogP contribution is -2.68. The van der Waals surface area contributed by atoms with Gasteiger partial charge in [-0.05, 0) is 37.3 Å². The molecule has 3 saturated carbocycles. The van der Waals surface area contributed by atoms with E-state index < -0.39 is 0 Å². The molecule has 2 aromatic rings. The lowest BCUT2D eigenvalue weighted by atomic mass is 9.50. The van der Waals surface area contributed by atoms with Gasteiger partial charge in [0.1, 0.15) is 5.69 Å². The Hall–Kier alpha value is -1.84. The van der Waals surface area contributed by atoms with Crippen LogP contribution in [-0.2, 0) is 7.05 Å². The van der Waals surface area contributed by atoms with Crippen LogP contribution >= 0.6 is 0 Å². The second-order valence-electron chi connectivity index (χ2n) is 5.74. The highest BCUT2D eigenvalue weighted by Crippen LogP contribution is 2.56. The zero-order valence-corrected chi connectivity index (χ0v) is 10.3. The zero-order chi connectivity index (χ0) is 12.3. The van der Waals surface area contributed by atoms with E-state index in [0.717, 1.165) is 22.5 Å². The van der Waals surface area contributed by atoms with Crippen LogP contribution < -0.4 is 5.32 Å². The first kappa shape index (κ1) is 10.1. The Morgan fingerprint density at radius 3 is 2.89 bits per heavy atom. The molecule has 0 aliphatic heterocycles. The lowest BCUT2D eigenvalue weighted by Gasteiger charge is -2.61. The molecule has 0 spiro atoms. The Kier molecular flexibility index (Phi) is 1.76. The lowest BCUT2D eigenvalue weighted by molar-refractivity contribution is -0.0440. The number of hydrogen-bond donors (Lipinski definition) is 1. The van der Waals surface area contributed by atoms with E-state index in [-0.39, 0.29) is 11.4 Å². The van der Waals surface area contributed by atoms with Crippen molar-refractivity contribution in [2.24, 2.45) is 13.0 Å². The van der Waals surface area contributed by atoms with Gasteiger partial charge in [0, 0.05) is 24.2 Å². The van der Waals surface area contributed by atoms with Gasteiger partial charge >= 0.3 is 0 Å². The fourth-order valence-corrected chi connectivity index (χ4v) is 3.33. The maximum atomic E-state index is 12.3. The summed E-state index contributed by atoms with van der Waals surface area (Å²) in [5, 5.41) is 4.26. The van der Waals surface area contributed by atoms with Gasteiger partial charge in [0.25, 0.3) is 5.91 Å². The molecule has 5 rings (SSSR count). The van der Waals surface area contributed by atoms with Crippen LogP contribution in [-0.4, -0.2) is 21.0 Å². The zero-order valence-electron chi connectivity index (χ0n) is 10.3. The number of rotatable bonds is 2. The third kappa shape index (κ3) is 1.20.